The first-order chi connectivity index (χ1) is 8.61. The van der Waals surface area contributed by atoms with Gasteiger partial charge in [-0.15, -0.1) is 0 Å². The second-order valence-electron chi connectivity index (χ2n) is 4.44. The van der Waals surface area contributed by atoms with Crippen LogP contribution in [0.3, 0.4) is 0 Å². The molecule has 18 heavy (non-hydrogen) atoms. The minimum Gasteiger partial charge on any atom is -0.490 e. The minimum absolute atomic E-state index is 0.0465. The summed E-state index contributed by atoms with van der Waals surface area (Å²) in [6, 6.07) is 2.38. The Hall–Kier alpha value is -1.78. The van der Waals surface area contributed by atoms with Gasteiger partial charge in [0.2, 0.25) is 0 Å². The molecule has 98 valence electrons. The molecule has 1 fully saturated rings. The number of carbonyl (C=O) groups is 1. The van der Waals surface area contributed by atoms with Gasteiger partial charge in [0.25, 0.3) is 0 Å². The van der Waals surface area contributed by atoms with E-state index in [1.54, 1.807) is 0 Å². The van der Waals surface area contributed by atoms with Crippen molar-refractivity contribution in [2.24, 2.45) is 5.92 Å². The molecule has 0 atom stereocenters. The smallest absolute Gasteiger partial charge is 0.340 e. The normalized spacial score (nSPS) is 14.3. The van der Waals surface area contributed by atoms with Crippen LogP contribution in [0.15, 0.2) is 12.1 Å². The highest BCUT2D eigenvalue weighted by Gasteiger charge is 2.21. The molecular weight excluding hydrogens is 237 g/mol. The molecule has 4 nitrogen and oxygen atoms in total. The van der Waals surface area contributed by atoms with Gasteiger partial charge in [0.1, 0.15) is 0 Å². The Morgan fingerprint density at radius 3 is 2.83 bits per heavy atom. The number of nitrogens with two attached hydrogens (primary N) is 1. The summed E-state index contributed by atoms with van der Waals surface area (Å²) in [4.78, 5) is 11.4. The van der Waals surface area contributed by atoms with Crippen molar-refractivity contribution in [2.45, 2.75) is 19.3 Å². The van der Waals surface area contributed by atoms with Crippen molar-refractivity contribution < 1.29 is 18.7 Å². The number of carbonyl (C=O) groups excluding carboxylic acids is 1. The van der Waals surface area contributed by atoms with Gasteiger partial charge in [-0.25, -0.2) is 9.18 Å². The monoisotopic (exact) mass is 253 g/mol. The second kappa shape index (κ2) is 5.25. The molecule has 0 amide bonds. The van der Waals surface area contributed by atoms with Crippen molar-refractivity contribution in [3.8, 4) is 5.75 Å². The van der Waals surface area contributed by atoms with Crippen LogP contribution in [0.4, 0.5) is 10.1 Å². The third-order valence-electron chi connectivity index (χ3n) is 2.99. The van der Waals surface area contributed by atoms with Gasteiger partial charge in [-0.2, -0.15) is 0 Å². The van der Waals surface area contributed by atoms with Crippen molar-refractivity contribution in [3.63, 3.8) is 0 Å². The first-order valence-electron chi connectivity index (χ1n) is 5.92. The van der Waals surface area contributed by atoms with Gasteiger partial charge in [-0.3, -0.25) is 0 Å². The number of hydrogen-bond acceptors (Lipinski definition) is 4. The molecule has 5 heteroatoms. The highest BCUT2D eigenvalue weighted by molar-refractivity contribution is 5.95. The molecule has 1 aromatic rings. The summed E-state index contributed by atoms with van der Waals surface area (Å²) in [7, 11) is 1.25. The zero-order valence-corrected chi connectivity index (χ0v) is 10.2. The number of hydrogen-bond donors (Lipinski definition) is 1. The molecular formula is C13H16FNO3. The summed E-state index contributed by atoms with van der Waals surface area (Å²) in [6.07, 6.45) is 3.36. The second-order valence-corrected chi connectivity index (χ2v) is 4.44. The molecule has 1 aliphatic rings. The van der Waals surface area contributed by atoms with Crippen LogP contribution in [0.25, 0.3) is 0 Å². The molecule has 0 saturated heterocycles. The number of rotatable bonds is 5. The van der Waals surface area contributed by atoms with Gasteiger partial charge < -0.3 is 15.2 Å². The third kappa shape index (κ3) is 2.91. The predicted molar refractivity (Wildman–Crippen MR) is 65.0 cm³/mol. The lowest BCUT2D eigenvalue weighted by Gasteiger charge is -2.10. The Morgan fingerprint density at radius 2 is 2.22 bits per heavy atom. The highest BCUT2D eigenvalue weighted by Crippen LogP contribution is 2.32. The first kappa shape index (κ1) is 12.7. The lowest BCUT2D eigenvalue weighted by Crippen LogP contribution is -2.08. The predicted octanol–water partition coefficient (Wildman–Crippen LogP) is 2.37. The Bertz CT molecular complexity index is 458. The van der Waals surface area contributed by atoms with Crippen molar-refractivity contribution in [1.82, 2.24) is 0 Å². The van der Waals surface area contributed by atoms with E-state index in [0.29, 0.717) is 12.5 Å². The summed E-state index contributed by atoms with van der Waals surface area (Å²) < 4.78 is 23.5. The summed E-state index contributed by atoms with van der Waals surface area (Å²) in [5, 5.41) is 0. The fraction of sp³-hybridized carbons (Fsp3) is 0.462. The summed E-state index contributed by atoms with van der Waals surface area (Å²) in [6.45, 7) is 0.451. The van der Waals surface area contributed by atoms with Gasteiger partial charge in [0.05, 0.1) is 19.3 Å². The molecule has 0 unspecified atom stereocenters. The number of benzene rings is 1. The average Bonchev–Trinajstić information content (AvgIpc) is 3.15. The van der Waals surface area contributed by atoms with E-state index in [2.05, 4.69) is 4.74 Å². The Morgan fingerprint density at radius 1 is 1.50 bits per heavy atom. The molecule has 1 aliphatic carbocycles. The lowest BCUT2D eigenvalue weighted by molar-refractivity contribution is 0.0601. The number of anilines is 1. The molecule has 0 heterocycles. The summed E-state index contributed by atoms with van der Waals surface area (Å²) in [5.41, 5.74) is 5.73. The van der Waals surface area contributed by atoms with E-state index in [1.807, 2.05) is 0 Å². The Balaban J connectivity index is 2.09. The highest BCUT2D eigenvalue weighted by atomic mass is 19.1. The maximum absolute atomic E-state index is 13.6. The van der Waals surface area contributed by atoms with Crippen LogP contribution in [-0.4, -0.2) is 19.7 Å². The molecule has 1 saturated carbocycles. The largest absolute Gasteiger partial charge is 0.490 e. The van der Waals surface area contributed by atoms with Crippen LogP contribution in [0.5, 0.6) is 5.75 Å². The summed E-state index contributed by atoms with van der Waals surface area (Å²) >= 11 is 0. The van der Waals surface area contributed by atoms with Gasteiger partial charge in [-0.1, -0.05) is 12.8 Å². The van der Waals surface area contributed by atoms with Crippen molar-refractivity contribution >= 4 is 11.7 Å². The quantitative estimate of drug-likeness (QED) is 0.646. The number of esters is 1. The average molecular weight is 253 g/mol. The van der Waals surface area contributed by atoms with Crippen LogP contribution >= 0.6 is 0 Å². The van der Waals surface area contributed by atoms with Crippen molar-refractivity contribution in [1.29, 1.82) is 0 Å². The number of halogens is 1. The molecule has 0 aliphatic heterocycles. The maximum atomic E-state index is 13.6. The number of nitrogen functional groups attached to an aromatic ring is 1. The van der Waals surface area contributed by atoms with Gasteiger partial charge in [0.15, 0.2) is 11.6 Å². The standard InChI is InChI=1S/C13H16FNO3/c1-17-13(16)9-6-12(10(14)7-11(9)15)18-5-4-8-2-3-8/h6-8H,2-5,15H2,1H3. The first-order valence-corrected chi connectivity index (χ1v) is 5.92. The van der Waals surface area contributed by atoms with E-state index >= 15 is 0 Å². The SMILES string of the molecule is COC(=O)c1cc(OCCC2CC2)c(F)cc1N. The fourth-order valence-electron chi connectivity index (χ4n) is 1.71. The fourth-order valence-corrected chi connectivity index (χ4v) is 1.71. The van der Waals surface area contributed by atoms with Crippen LogP contribution in [0.1, 0.15) is 29.6 Å². The van der Waals surface area contributed by atoms with E-state index < -0.39 is 11.8 Å². The molecule has 0 aromatic heterocycles. The Kier molecular flexibility index (Phi) is 3.69. The molecule has 0 spiro atoms. The molecule has 1 aromatic carbocycles. The molecule has 0 bridgehead atoms. The minimum atomic E-state index is -0.598. The van der Waals surface area contributed by atoms with E-state index in [4.69, 9.17) is 10.5 Å². The topological polar surface area (TPSA) is 61.5 Å². The van der Waals surface area contributed by atoms with Gasteiger partial charge in [0, 0.05) is 11.8 Å². The van der Waals surface area contributed by atoms with E-state index in [0.717, 1.165) is 12.5 Å². The zero-order valence-electron chi connectivity index (χ0n) is 10.2. The van der Waals surface area contributed by atoms with E-state index in [9.17, 15) is 9.18 Å². The van der Waals surface area contributed by atoms with E-state index in [1.165, 1.54) is 26.0 Å². The van der Waals surface area contributed by atoms with Crippen LogP contribution < -0.4 is 10.5 Å². The van der Waals surface area contributed by atoms with E-state index in [-0.39, 0.29) is 17.0 Å². The van der Waals surface area contributed by atoms with Crippen LogP contribution in [-0.2, 0) is 4.74 Å². The Labute approximate surface area is 105 Å². The van der Waals surface area contributed by atoms with Crippen LogP contribution in [0.2, 0.25) is 0 Å². The zero-order chi connectivity index (χ0) is 13.1. The number of methoxy groups -OCH3 is 1. The summed E-state index contributed by atoms with van der Waals surface area (Å²) in [5.74, 6) is -0.400. The third-order valence-corrected chi connectivity index (χ3v) is 2.99. The van der Waals surface area contributed by atoms with Gasteiger partial charge in [-0.05, 0) is 18.4 Å². The molecule has 0 radical (unpaired) electrons. The maximum Gasteiger partial charge on any atom is 0.340 e. The lowest BCUT2D eigenvalue weighted by atomic mass is 10.1. The van der Waals surface area contributed by atoms with Crippen molar-refractivity contribution in [3.05, 3.63) is 23.5 Å². The molecule has 2 rings (SSSR count). The van der Waals surface area contributed by atoms with Crippen LogP contribution in [0, 0.1) is 11.7 Å². The van der Waals surface area contributed by atoms with Gasteiger partial charge >= 0.3 is 5.97 Å². The molecule has 2 N–H and O–H groups in total. The van der Waals surface area contributed by atoms with Crippen molar-refractivity contribution in [2.75, 3.05) is 19.5 Å². The number of ether oxygens (including phenoxy) is 2.